The van der Waals surface area contributed by atoms with E-state index in [0.29, 0.717) is 5.75 Å². The second-order valence-electron chi connectivity index (χ2n) is 3.81. The number of benzene rings is 1. The molecule has 0 saturated carbocycles. The highest BCUT2D eigenvalue weighted by atomic mass is 16.6. The number of ether oxygens (including phenoxy) is 2. The molecule has 1 aliphatic rings. The van der Waals surface area contributed by atoms with Crippen LogP contribution in [-0.2, 0) is 4.79 Å². The van der Waals surface area contributed by atoms with Gasteiger partial charge in [-0.1, -0.05) is 0 Å². The molecule has 7 heteroatoms. The Kier molecular flexibility index (Phi) is 2.38. The van der Waals surface area contributed by atoms with Crippen molar-refractivity contribution in [1.29, 1.82) is 0 Å². The summed E-state index contributed by atoms with van der Waals surface area (Å²) in [6, 6.07) is 3.80. The standard InChI is InChI=1S/C10H9NO6/c1-10(9(12)13)5-16-7-3-2-6(11(14)15)4-8(7)17-10/h2-4H,5H2,1H3,(H,12,13). The first-order valence-corrected chi connectivity index (χ1v) is 4.76. The van der Waals surface area contributed by atoms with Crippen molar-refractivity contribution in [2.45, 2.75) is 12.5 Å². The average molecular weight is 239 g/mol. The highest BCUT2D eigenvalue weighted by Crippen LogP contribution is 2.37. The topological polar surface area (TPSA) is 98.9 Å². The number of nitrogens with zero attached hydrogens (tertiary/aromatic N) is 1. The molecular formula is C10H9NO6. The summed E-state index contributed by atoms with van der Waals surface area (Å²) in [6.45, 7) is 1.20. The lowest BCUT2D eigenvalue weighted by Gasteiger charge is -2.31. The maximum atomic E-state index is 11.0. The fourth-order valence-electron chi connectivity index (χ4n) is 1.40. The van der Waals surface area contributed by atoms with E-state index in [1.807, 2.05) is 0 Å². The van der Waals surface area contributed by atoms with Crippen molar-refractivity contribution in [1.82, 2.24) is 0 Å². The summed E-state index contributed by atoms with van der Waals surface area (Å²) in [7, 11) is 0. The minimum Gasteiger partial charge on any atom is -0.485 e. The summed E-state index contributed by atoms with van der Waals surface area (Å²) in [5, 5.41) is 19.5. The zero-order chi connectivity index (χ0) is 12.6. The average Bonchev–Trinajstić information content (AvgIpc) is 2.27. The number of carboxylic acid groups (broad SMARTS) is 1. The van der Waals surface area contributed by atoms with Gasteiger partial charge in [-0.15, -0.1) is 0 Å². The molecule has 0 aliphatic carbocycles. The molecule has 0 aromatic heterocycles. The maximum absolute atomic E-state index is 11.0. The Labute approximate surface area is 95.7 Å². The number of hydrogen-bond acceptors (Lipinski definition) is 5. The molecule has 7 nitrogen and oxygen atoms in total. The van der Waals surface area contributed by atoms with Crippen LogP contribution in [-0.4, -0.2) is 28.2 Å². The first kappa shape index (κ1) is 11.2. The summed E-state index contributed by atoms with van der Waals surface area (Å²) in [6.07, 6.45) is 0. The molecule has 0 fully saturated rings. The van der Waals surface area contributed by atoms with Crippen molar-refractivity contribution in [3.8, 4) is 11.5 Å². The Balaban J connectivity index is 2.39. The molecule has 1 heterocycles. The zero-order valence-corrected chi connectivity index (χ0v) is 8.87. The van der Waals surface area contributed by atoms with Crippen molar-refractivity contribution in [2.24, 2.45) is 0 Å². The molecule has 0 amide bonds. The lowest BCUT2D eigenvalue weighted by Crippen LogP contribution is -2.49. The third-order valence-electron chi connectivity index (χ3n) is 2.43. The third-order valence-corrected chi connectivity index (χ3v) is 2.43. The zero-order valence-electron chi connectivity index (χ0n) is 8.87. The molecule has 0 saturated heterocycles. The van der Waals surface area contributed by atoms with Gasteiger partial charge in [0.1, 0.15) is 6.61 Å². The van der Waals surface area contributed by atoms with E-state index in [1.165, 1.54) is 19.1 Å². The van der Waals surface area contributed by atoms with Gasteiger partial charge in [-0.25, -0.2) is 4.79 Å². The van der Waals surface area contributed by atoms with Gasteiger partial charge in [0.2, 0.25) is 5.60 Å². The Morgan fingerprint density at radius 2 is 2.24 bits per heavy atom. The van der Waals surface area contributed by atoms with Crippen LogP contribution in [0, 0.1) is 10.1 Å². The Morgan fingerprint density at radius 1 is 1.53 bits per heavy atom. The van der Waals surface area contributed by atoms with Crippen LogP contribution in [0.15, 0.2) is 18.2 Å². The fraction of sp³-hybridized carbons (Fsp3) is 0.300. The van der Waals surface area contributed by atoms with E-state index >= 15 is 0 Å². The van der Waals surface area contributed by atoms with Crippen molar-refractivity contribution in [3.05, 3.63) is 28.3 Å². The number of rotatable bonds is 2. The number of carbonyl (C=O) groups is 1. The molecule has 1 aliphatic heterocycles. The number of non-ortho nitro benzene ring substituents is 1. The molecule has 1 aromatic carbocycles. The van der Waals surface area contributed by atoms with Crippen molar-refractivity contribution in [3.63, 3.8) is 0 Å². The number of hydrogen-bond donors (Lipinski definition) is 1. The number of carboxylic acids is 1. The van der Waals surface area contributed by atoms with Crippen LogP contribution in [0.4, 0.5) is 5.69 Å². The van der Waals surface area contributed by atoms with Crippen LogP contribution in [0.5, 0.6) is 11.5 Å². The summed E-state index contributed by atoms with van der Waals surface area (Å²) >= 11 is 0. The largest absolute Gasteiger partial charge is 0.485 e. The molecule has 2 rings (SSSR count). The Bertz CT molecular complexity index is 500. The Hall–Kier alpha value is -2.31. The smallest absolute Gasteiger partial charge is 0.351 e. The van der Waals surface area contributed by atoms with Gasteiger partial charge in [0.25, 0.3) is 5.69 Å². The van der Waals surface area contributed by atoms with Gasteiger partial charge in [0, 0.05) is 6.07 Å². The van der Waals surface area contributed by atoms with E-state index in [-0.39, 0.29) is 18.0 Å². The van der Waals surface area contributed by atoms with Gasteiger partial charge in [0.15, 0.2) is 11.5 Å². The maximum Gasteiger partial charge on any atom is 0.351 e. The first-order valence-electron chi connectivity index (χ1n) is 4.76. The van der Waals surface area contributed by atoms with Crippen molar-refractivity contribution in [2.75, 3.05) is 6.61 Å². The second-order valence-corrected chi connectivity index (χ2v) is 3.81. The molecular weight excluding hydrogens is 230 g/mol. The van der Waals surface area contributed by atoms with E-state index in [0.717, 1.165) is 6.07 Å². The van der Waals surface area contributed by atoms with Crippen LogP contribution in [0.25, 0.3) is 0 Å². The van der Waals surface area contributed by atoms with Gasteiger partial charge >= 0.3 is 5.97 Å². The number of nitro benzene ring substituents is 1. The molecule has 17 heavy (non-hydrogen) atoms. The van der Waals surface area contributed by atoms with Crippen LogP contribution in [0.2, 0.25) is 0 Å². The number of fused-ring (bicyclic) bond motifs is 1. The van der Waals surface area contributed by atoms with Gasteiger partial charge in [-0.05, 0) is 13.0 Å². The van der Waals surface area contributed by atoms with E-state index in [1.54, 1.807) is 0 Å². The molecule has 1 N–H and O–H groups in total. The summed E-state index contributed by atoms with van der Waals surface area (Å²) < 4.78 is 10.4. The highest BCUT2D eigenvalue weighted by molar-refractivity contribution is 5.78. The van der Waals surface area contributed by atoms with E-state index in [9.17, 15) is 14.9 Å². The van der Waals surface area contributed by atoms with Crippen LogP contribution in [0.1, 0.15) is 6.92 Å². The molecule has 1 aromatic rings. The summed E-state index contributed by atoms with van der Waals surface area (Å²) in [5.41, 5.74) is -1.70. The van der Waals surface area contributed by atoms with Crippen molar-refractivity contribution >= 4 is 11.7 Å². The number of aliphatic carboxylic acids is 1. The molecule has 1 unspecified atom stereocenters. The van der Waals surface area contributed by atoms with Gasteiger partial charge in [-0.2, -0.15) is 0 Å². The van der Waals surface area contributed by atoms with Crippen LogP contribution in [0.3, 0.4) is 0 Å². The van der Waals surface area contributed by atoms with Gasteiger partial charge in [-0.3, -0.25) is 10.1 Å². The summed E-state index contributed by atoms with van der Waals surface area (Å²) in [4.78, 5) is 21.0. The van der Waals surface area contributed by atoms with Crippen molar-refractivity contribution < 1.29 is 24.3 Å². The lowest BCUT2D eigenvalue weighted by atomic mass is 10.1. The van der Waals surface area contributed by atoms with Crippen LogP contribution < -0.4 is 9.47 Å². The normalized spacial score (nSPS) is 21.9. The predicted octanol–water partition coefficient (Wildman–Crippen LogP) is 1.21. The quantitative estimate of drug-likeness (QED) is 0.615. The van der Waals surface area contributed by atoms with E-state index < -0.39 is 16.5 Å². The number of nitro groups is 1. The van der Waals surface area contributed by atoms with Gasteiger partial charge < -0.3 is 14.6 Å². The fourth-order valence-corrected chi connectivity index (χ4v) is 1.40. The van der Waals surface area contributed by atoms with Crippen LogP contribution >= 0.6 is 0 Å². The SMILES string of the molecule is CC1(C(=O)O)COc2ccc([N+](=O)[O-])cc2O1. The molecule has 0 spiro atoms. The van der Waals surface area contributed by atoms with Gasteiger partial charge in [0.05, 0.1) is 11.0 Å². The molecule has 1 atom stereocenters. The summed E-state index contributed by atoms with van der Waals surface area (Å²) in [5.74, 6) is -0.820. The lowest BCUT2D eigenvalue weighted by molar-refractivity contribution is -0.385. The second kappa shape index (κ2) is 3.62. The molecule has 0 bridgehead atoms. The molecule has 0 radical (unpaired) electrons. The third kappa shape index (κ3) is 1.86. The van der Waals surface area contributed by atoms with E-state index in [4.69, 9.17) is 14.6 Å². The monoisotopic (exact) mass is 239 g/mol. The van der Waals surface area contributed by atoms with E-state index in [2.05, 4.69) is 0 Å². The molecule has 90 valence electrons. The minimum atomic E-state index is -1.53. The Morgan fingerprint density at radius 3 is 2.82 bits per heavy atom. The highest BCUT2D eigenvalue weighted by Gasteiger charge is 2.41. The first-order chi connectivity index (χ1) is 7.92. The minimum absolute atomic E-state index is 0.0651. The predicted molar refractivity (Wildman–Crippen MR) is 55.3 cm³/mol.